The van der Waals surface area contributed by atoms with Crippen molar-refractivity contribution in [2.24, 2.45) is 5.92 Å². The van der Waals surface area contributed by atoms with Gasteiger partial charge in [-0.1, -0.05) is 0 Å². The van der Waals surface area contributed by atoms with Crippen LogP contribution in [0.5, 0.6) is 0 Å². The molecule has 0 saturated carbocycles. The minimum Gasteiger partial charge on any atom is -0.396 e. The lowest BCUT2D eigenvalue weighted by atomic mass is 9.98. The number of aliphatic hydroxyl groups excluding tert-OH is 1. The van der Waals surface area contributed by atoms with Crippen LogP contribution in [-0.4, -0.2) is 45.8 Å². The summed E-state index contributed by atoms with van der Waals surface area (Å²) in [4.78, 5) is 13.7. The van der Waals surface area contributed by atoms with Gasteiger partial charge in [0, 0.05) is 25.9 Å². The highest BCUT2D eigenvalue weighted by molar-refractivity contribution is 5.93. The summed E-state index contributed by atoms with van der Waals surface area (Å²) >= 11 is 0. The number of aromatic amines is 1. The predicted octanol–water partition coefficient (Wildman–Crippen LogP) is 0.254. The van der Waals surface area contributed by atoms with Gasteiger partial charge in [0.1, 0.15) is 0 Å². The van der Waals surface area contributed by atoms with Gasteiger partial charge >= 0.3 is 0 Å². The molecule has 0 aromatic carbocycles. The van der Waals surface area contributed by atoms with Gasteiger partial charge in [-0.2, -0.15) is 5.10 Å². The number of H-pyrrole nitrogens is 1. The predicted molar refractivity (Wildman–Crippen MR) is 54.3 cm³/mol. The van der Waals surface area contributed by atoms with E-state index in [1.165, 1.54) is 6.20 Å². The van der Waals surface area contributed by atoms with E-state index < -0.39 is 0 Å². The number of aliphatic hydroxyl groups is 1. The fraction of sp³-hybridized carbons (Fsp3) is 0.600. The Kier molecular flexibility index (Phi) is 3.01. The quantitative estimate of drug-likeness (QED) is 0.733. The molecule has 1 saturated heterocycles. The number of carbonyl (C=O) groups excluding carboxylic acids is 1. The average Bonchev–Trinajstić information content (AvgIpc) is 2.81. The first kappa shape index (κ1) is 10.2. The zero-order valence-electron chi connectivity index (χ0n) is 8.52. The lowest BCUT2D eigenvalue weighted by Crippen LogP contribution is -2.40. The van der Waals surface area contributed by atoms with Gasteiger partial charge in [0.25, 0.3) is 5.91 Å². The van der Waals surface area contributed by atoms with Gasteiger partial charge in [-0.25, -0.2) is 0 Å². The first-order chi connectivity index (χ1) is 7.31. The molecule has 1 aliphatic heterocycles. The van der Waals surface area contributed by atoms with Gasteiger partial charge < -0.3 is 10.0 Å². The van der Waals surface area contributed by atoms with Crippen molar-refractivity contribution in [1.29, 1.82) is 0 Å². The normalized spacial score (nSPS) is 21.7. The molecule has 2 N–H and O–H groups in total. The maximum Gasteiger partial charge on any atom is 0.257 e. The third-order valence-corrected chi connectivity index (χ3v) is 2.81. The molecule has 0 aliphatic carbocycles. The molecule has 0 radical (unpaired) electrons. The van der Waals surface area contributed by atoms with Crippen LogP contribution in [-0.2, 0) is 0 Å². The Bertz CT molecular complexity index is 323. The van der Waals surface area contributed by atoms with E-state index in [9.17, 15) is 4.79 Å². The number of amides is 1. The van der Waals surface area contributed by atoms with E-state index >= 15 is 0 Å². The van der Waals surface area contributed by atoms with Gasteiger partial charge in [0.05, 0.1) is 11.8 Å². The third-order valence-electron chi connectivity index (χ3n) is 2.81. The Morgan fingerprint density at radius 2 is 2.60 bits per heavy atom. The van der Waals surface area contributed by atoms with Gasteiger partial charge in [-0.3, -0.25) is 9.89 Å². The molecule has 1 fully saturated rings. The van der Waals surface area contributed by atoms with Crippen LogP contribution in [0.3, 0.4) is 0 Å². The lowest BCUT2D eigenvalue weighted by molar-refractivity contribution is 0.0621. The zero-order valence-corrected chi connectivity index (χ0v) is 8.52. The molecule has 1 atom stereocenters. The van der Waals surface area contributed by atoms with E-state index in [0.717, 1.165) is 19.4 Å². The van der Waals surface area contributed by atoms with Crippen molar-refractivity contribution in [3.8, 4) is 0 Å². The van der Waals surface area contributed by atoms with Crippen LogP contribution in [0.2, 0.25) is 0 Å². The number of nitrogens with zero attached hydrogens (tertiary/aromatic N) is 2. The van der Waals surface area contributed by atoms with E-state index in [2.05, 4.69) is 10.2 Å². The number of aromatic nitrogens is 2. The Labute approximate surface area is 88.1 Å². The summed E-state index contributed by atoms with van der Waals surface area (Å²) in [6, 6.07) is 0. The van der Waals surface area contributed by atoms with Crippen LogP contribution in [0.1, 0.15) is 23.2 Å². The Morgan fingerprint density at radius 3 is 3.27 bits per heavy atom. The number of rotatable bonds is 2. The highest BCUT2D eigenvalue weighted by atomic mass is 16.3. The number of hydrogen-bond donors (Lipinski definition) is 2. The molecular weight excluding hydrogens is 194 g/mol. The van der Waals surface area contributed by atoms with E-state index in [1.807, 2.05) is 0 Å². The molecule has 15 heavy (non-hydrogen) atoms. The van der Waals surface area contributed by atoms with Crippen molar-refractivity contribution in [3.63, 3.8) is 0 Å². The van der Waals surface area contributed by atoms with E-state index in [1.54, 1.807) is 11.1 Å². The highest BCUT2D eigenvalue weighted by Crippen LogP contribution is 2.17. The maximum atomic E-state index is 11.9. The van der Waals surface area contributed by atoms with Gasteiger partial charge in [-0.15, -0.1) is 0 Å². The summed E-state index contributed by atoms with van der Waals surface area (Å²) in [5.74, 6) is 0.233. The molecule has 1 amide bonds. The molecule has 2 heterocycles. The van der Waals surface area contributed by atoms with Crippen molar-refractivity contribution >= 4 is 5.91 Å². The van der Waals surface area contributed by atoms with Crippen LogP contribution in [0.4, 0.5) is 0 Å². The van der Waals surface area contributed by atoms with Crippen molar-refractivity contribution in [1.82, 2.24) is 15.1 Å². The molecule has 1 aromatic rings. The van der Waals surface area contributed by atoms with E-state index in [4.69, 9.17) is 5.11 Å². The molecule has 1 unspecified atom stereocenters. The molecule has 1 aliphatic rings. The van der Waals surface area contributed by atoms with Crippen molar-refractivity contribution in [2.45, 2.75) is 12.8 Å². The SMILES string of the molecule is O=C(c1cn[nH]c1)N1CCCC(CO)C1. The first-order valence-electron chi connectivity index (χ1n) is 5.20. The van der Waals surface area contributed by atoms with Crippen molar-refractivity contribution in [3.05, 3.63) is 18.0 Å². The number of hydrogen-bond acceptors (Lipinski definition) is 3. The third kappa shape index (κ3) is 2.18. The molecular formula is C10H15N3O2. The maximum absolute atomic E-state index is 11.9. The summed E-state index contributed by atoms with van der Waals surface area (Å²) in [5, 5.41) is 15.4. The number of nitrogens with one attached hydrogen (secondary N) is 1. The lowest BCUT2D eigenvalue weighted by Gasteiger charge is -2.31. The van der Waals surface area contributed by atoms with Gasteiger partial charge in [0.15, 0.2) is 0 Å². The molecule has 2 rings (SSSR count). The molecule has 0 spiro atoms. The minimum absolute atomic E-state index is 0.00176. The first-order valence-corrected chi connectivity index (χ1v) is 5.20. The summed E-state index contributed by atoms with van der Waals surface area (Å²) in [6.45, 7) is 1.59. The second-order valence-electron chi connectivity index (χ2n) is 3.93. The summed E-state index contributed by atoms with van der Waals surface area (Å²) in [5.41, 5.74) is 0.591. The van der Waals surface area contributed by atoms with Crippen LogP contribution < -0.4 is 0 Å². The molecule has 0 bridgehead atoms. The van der Waals surface area contributed by atoms with Gasteiger partial charge in [0.2, 0.25) is 0 Å². The fourth-order valence-corrected chi connectivity index (χ4v) is 1.95. The standard InChI is InChI=1S/C10H15N3O2/c14-7-8-2-1-3-13(6-8)10(15)9-4-11-12-5-9/h4-5,8,14H,1-3,6-7H2,(H,11,12). The van der Waals surface area contributed by atoms with Crippen molar-refractivity contribution < 1.29 is 9.90 Å². The molecule has 5 nitrogen and oxygen atoms in total. The Balaban J connectivity index is 2.01. The average molecular weight is 209 g/mol. The zero-order chi connectivity index (χ0) is 10.7. The van der Waals surface area contributed by atoms with Crippen LogP contribution in [0.25, 0.3) is 0 Å². The summed E-state index contributed by atoms with van der Waals surface area (Å²) in [7, 11) is 0. The minimum atomic E-state index is 0.00176. The Morgan fingerprint density at radius 1 is 1.73 bits per heavy atom. The smallest absolute Gasteiger partial charge is 0.257 e. The molecule has 82 valence electrons. The molecule has 1 aromatic heterocycles. The highest BCUT2D eigenvalue weighted by Gasteiger charge is 2.24. The summed E-state index contributed by atoms with van der Waals surface area (Å²) in [6.07, 6.45) is 5.11. The number of likely N-dealkylation sites (tertiary alicyclic amines) is 1. The number of carbonyl (C=O) groups is 1. The van der Waals surface area contributed by atoms with Gasteiger partial charge in [-0.05, 0) is 18.8 Å². The Hall–Kier alpha value is -1.36. The molecule has 5 heteroatoms. The van der Waals surface area contributed by atoms with E-state index in [0.29, 0.717) is 12.1 Å². The fourth-order valence-electron chi connectivity index (χ4n) is 1.95. The van der Waals surface area contributed by atoms with Crippen molar-refractivity contribution in [2.75, 3.05) is 19.7 Å². The van der Waals surface area contributed by atoms with Crippen LogP contribution in [0, 0.1) is 5.92 Å². The second kappa shape index (κ2) is 4.44. The van der Waals surface area contributed by atoms with Crippen LogP contribution in [0.15, 0.2) is 12.4 Å². The largest absolute Gasteiger partial charge is 0.396 e. The summed E-state index contributed by atoms with van der Waals surface area (Å²) < 4.78 is 0. The topological polar surface area (TPSA) is 69.2 Å². The van der Waals surface area contributed by atoms with E-state index in [-0.39, 0.29) is 18.4 Å². The monoisotopic (exact) mass is 209 g/mol. The second-order valence-corrected chi connectivity index (χ2v) is 3.93. The number of piperidine rings is 1. The van der Waals surface area contributed by atoms with Crippen LogP contribution >= 0.6 is 0 Å².